The van der Waals surface area contributed by atoms with Crippen molar-refractivity contribution in [1.29, 1.82) is 0 Å². The Hall–Kier alpha value is -1.68. The van der Waals surface area contributed by atoms with E-state index in [0.717, 1.165) is 30.7 Å². The van der Waals surface area contributed by atoms with E-state index in [0.29, 0.717) is 39.3 Å². The summed E-state index contributed by atoms with van der Waals surface area (Å²) in [6.07, 6.45) is 1.75. The molecule has 9 heteroatoms. The van der Waals surface area contributed by atoms with Crippen molar-refractivity contribution >= 4 is 15.9 Å². The Balaban J connectivity index is 1.80. The van der Waals surface area contributed by atoms with E-state index >= 15 is 0 Å². The molecule has 27 heavy (non-hydrogen) atoms. The number of hydrogen-bond acceptors (Lipinski definition) is 6. The Labute approximate surface area is 161 Å². The summed E-state index contributed by atoms with van der Waals surface area (Å²) in [4.78, 5) is 14.4. The van der Waals surface area contributed by atoms with Gasteiger partial charge in [-0.3, -0.25) is 9.69 Å². The lowest BCUT2D eigenvalue weighted by Gasteiger charge is -2.29. The second-order valence-corrected chi connectivity index (χ2v) is 8.44. The number of carbonyl (C=O) groups excluding carboxylic acids is 1. The SMILES string of the molecule is COc1ccccc1CCNC(=O)CN(CCN1CCOCC1)S(C)(=O)=O. The number of ether oxygens (including phenoxy) is 2. The van der Waals surface area contributed by atoms with Crippen molar-refractivity contribution in [1.82, 2.24) is 14.5 Å². The topological polar surface area (TPSA) is 88.2 Å². The van der Waals surface area contributed by atoms with Gasteiger partial charge in [0.1, 0.15) is 5.75 Å². The predicted octanol–water partition coefficient (Wildman–Crippen LogP) is -0.0523. The van der Waals surface area contributed by atoms with E-state index in [9.17, 15) is 13.2 Å². The molecule has 0 aliphatic carbocycles. The number of morpholine rings is 1. The second kappa shape index (κ2) is 10.6. The molecule has 1 N–H and O–H groups in total. The number of benzene rings is 1. The zero-order valence-corrected chi connectivity index (χ0v) is 16.8. The minimum atomic E-state index is -3.45. The van der Waals surface area contributed by atoms with Crippen LogP contribution in [0.2, 0.25) is 0 Å². The van der Waals surface area contributed by atoms with Crippen LogP contribution in [0.25, 0.3) is 0 Å². The second-order valence-electron chi connectivity index (χ2n) is 6.46. The van der Waals surface area contributed by atoms with Gasteiger partial charge in [-0.1, -0.05) is 18.2 Å². The van der Waals surface area contributed by atoms with Crippen LogP contribution in [-0.4, -0.2) is 89.4 Å². The van der Waals surface area contributed by atoms with Crippen molar-refractivity contribution in [2.75, 3.05) is 65.8 Å². The summed E-state index contributed by atoms with van der Waals surface area (Å²) in [6.45, 7) is 4.00. The zero-order chi connectivity index (χ0) is 19.7. The summed E-state index contributed by atoms with van der Waals surface area (Å²) in [5.41, 5.74) is 0.993. The molecule has 2 rings (SSSR count). The largest absolute Gasteiger partial charge is 0.496 e. The van der Waals surface area contributed by atoms with Gasteiger partial charge in [-0.05, 0) is 18.1 Å². The lowest BCUT2D eigenvalue weighted by atomic mass is 10.1. The summed E-state index contributed by atoms with van der Waals surface area (Å²) in [5, 5.41) is 2.79. The molecule has 0 radical (unpaired) electrons. The van der Waals surface area contributed by atoms with E-state index in [2.05, 4.69) is 10.2 Å². The van der Waals surface area contributed by atoms with Gasteiger partial charge >= 0.3 is 0 Å². The number of sulfonamides is 1. The number of hydrogen-bond donors (Lipinski definition) is 1. The molecule has 0 bridgehead atoms. The molecule has 1 aromatic rings. The molecule has 0 atom stereocenters. The van der Waals surface area contributed by atoms with Gasteiger partial charge in [0.25, 0.3) is 0 Å². The third-order valence-corrected chi connectivity index (χ3v) is 5.72. The highest BCUT2D eigenvalue weighted by Gasteiger charge is 2.21. The van der Waals surface area contributed by atoms with E-state index in [-0.39, 0.29) is 12.5 Å². The van der Waals surface area contributed by atoms with Crippen LogP contribution in [-0.2, 0) is 26.0 Å². The van der Waals surface area contributed by atoms with E-state index in [1.807, 2.05) is 24.3 Å². The number of nitrogens with zero attached hydrogens (tertiary/aromatic N) is 2. The molecule has 0 saturated carbocycles. The number of nitrogens with one attached hydrogen (secondary N) is 1. The maximum atomic E-state index is 12.2. The standard InChI is InChI=1S/C18H29N3O5S/c1-25-17-6-4-3-5-16(17)7-8-19-18(22)15-21(27(2,23)24)10-9-20-11-13-26-14-12-20/h3-6H,7-15H2,1-2H3,(H,19,22). The molecule has 0 spiro atoms. The van der Waals surface area contributed by atoms with E-state index < -0.39 is 10.0 Å². The molecule has 1 amide bonds. The Morgan fingerprint density at radius 3 is 2.67 bits per heavy atom. The smallest absolute Gasteiger partial charge is 0.235 e. The highest BCUT2D eigenvalue weighted by atomic mass is 32.2. The maximum Gasteiger partial charge on any atom is 0.235 e. The molecule has 0 unspecified atom stereocenters. The average Bonchev–Trinajstić information content (AvgIpc) is 2.65. The van der Waals surface area contributed by atoms with Gasteiger partial charge in [0, 0.05) is 32.7 Å². The Kier molecular flexibility index (Phi) is 8.49. The zero-order valence-electron chi connectivity index (χ0n) is 16.0. The van der Waals surface area contributed by atoms with Crippen LogP contribution in [0.15, 0.2) is 24.3 Å². The van der Waals surface area contributed by atoms with E-state index in [1.54, 1.807) is 7.11 Å². The van der Waals surface area contributed by atoms with Gasteiger partial charge in [-0.25, -0.2) is 8.42 Å². The molecule has 1 heterocycles. The lowest BCUT2D eigenvalue weighted by Crippen LogP contribution is -2.46. The molecule has 1 aromatic carbocycles. The van der Waals surface area contributed by atoms with Crippen molar-refractivity contribution in [3.05, 3.63) is 29.8 Å². The molecule has 1 saturated heterocycles. The van der Waals surface area contributed by atoms with Crippen molar-refractivity contribution in [2.24, 2.45) is 0 Å². The van der Waals surface area contributed by atoms with Crippen LogP contribution in [0.4, 0.5) is 0 Å². The quantitative estimate of drug-likeness (QED) is 0.593. The first-order valence-corrected chi connectivity index (χ1v) is 10.9. The van der Waals surface area contributed by atoms with Gasteiger partial charge in [0.05, 0.1) is 33.1 Å². The number of para-hydroxylation sites is 1. The predicted molar refractivity (Wildman–Crippen MR) is 103 cm³/mol. The third-order valence-electron chi connectivity index (χ3n) is 4.47. The molecule has 0 aromatic heterocycles. The first kappa shape index (κ1) is 21.6. The molecule has 152 valence electrons. The molecular weight excluding hydrogens is 370 g/mol. The summed E-state index contributed by atoms with van der Waals surface area (Å²) in [6, 6.07) is 7.61. The fourth-order valence-corrected chi connectivity index (χ4v) is 3.67. The Morgan fingerprint density at radius 2 is 2.00 bits per heavy atom. The maximum absolute atomic E-state index is 12.2. The van der Waals surface area contributed by atoms with Crippen molar-refractivity contribution < 1.29 is 22.7 Å². The average molecular weight is 400 g/mol. The number of methoxy groups -OCH3 is 1. The van der Waals surface area contributed by atoms with Crippen molar-refractivity contribution in [3.63, 3.8) is 0 Å². The Morgan fingerprint density at radius 1 is 1.30 bits per heavy atom. The Bertz CT molecular complexity index is 705. The van der Waals surface area contributed by atoms with Gasteiger partial charge in [-0.15, -0.1) is 0 Å². The van der Waals surface area contributed by atoms with Crippen molar-refractivity contribution in [3.8, 4) is 5.75 Å². The van der Waals surface area contributed by atoms with Crippen LogP contribution >= 0.6 is 0 Å². The molecule has 1 aliphatic heterocycles. The highest BCUT2D eigenvalue weighted by molar-refractivity contribution is 7.88. The van der Waals surface area contributed by atoms with Crippen LogP contribution in [0.3, 0.4) is 0 Å². The first-order valence-electron chi connectivity index (χ1n) is 9.04. The summed E-state index contributed by atoms with van der Waals surface area (Å²) >= 11 is 0. The first-order chi connectivity index (χ1) is 12.9. The fraction of sp³-hybridized carbons (Fsp3) is 0.611. The summed E-state index contributed by atoms with van der Waals surface area (Å²) in [7, 11) is -1.85. The van der Waals surface area contributed by atoms with Gasteiger partial charge in [0.15, 0.2) is 0 Å². The van der Waals surface area contributed by atoms with Crippen LogP contribution in [0.1, 0.15) is 5.56 Å². The minimum absolute atomic E-state index is 0.172. The van der Waals surface area contributed by atoms with E-state index in [4.69, 9.17) is 9.47 Å². The van der Waals surface area contributed by atoms with Gasteiger partial charge < -0.3 is 14.8 Å². The van der Waals surface area contributed by atoms with Crippen molar-refractivity contribution in [2.45, 2.75) is 6.42 Å². The highest BCUT2D eigenvalue weighted by Crippen LogP contribution is 2.17. The van der Waals surface area contributed by atoms with Crippen LogP contribution in [0, 0.1) is 0 Å². The van der Waals surface area contributed by atoms with Crippen LogP contribution < -0.4 is 10.1 Å². The molecule has 8 nitrogen and oxygen atoms in total. The lowest BCUT2D eigenvalue weighted by molar-refractivity contribution is -0.121. The normalized spacial score (nSPS) is 15.7. The summed E-state index contributed by atoms with van der Waals surface area (Å²) < 4.78 is 35.8. The molecule has 1 aliphatic rings. The number of rotatable bonds is 10. The molecular formula is C18H29N3O5S. The number of amides is 1. The fourth-order valence-electron chi connectivity index (χ4n) is 2.90. The van der Waals surface area contributed by atoms with Crippen LogP contribution in [0.5, 0.6) is 5.75 Å². The third kappa shape index (κ3) is 7.45. The number of carbonyl (C=O) groups is 1. The monoisotopic (exact) mass is 399 g/mol. The van der Waals surface area contributed by atoms with Gasteiger partial charge in [0.2, 0.25) is 15.9 Å². The summed E-state index contributed by atoms with van der Waals surface area (Å²) in [5.74, 6) is 0.465. The van der Waals surface area contributed by atoms with E-state index in [1.165, 1.54) is 4.31 Å². The molecule has 1 fully saturated rings. The van der Waals surface area contributed by atoms with Gasteiger partial charge in [-0.2, -0.15) is 4.31 Å². The minimum Gasteiger partial charge on any atom is -0.496 e.